The van der Waals surface area contributed by atoms with E-state index in [2.05, 4.69) is 15.3 Å². The molecular formula is C12H19N7O. The molecule has 8 nitrogen and oxygen atoms in total. The number of nitrogens with zero attached hydrogens (tertiary/aromatic N) is 3. The highest BCUT2D eigenvalue weighted by atomic mass is 16.5. The van der Waals surface area contributed by atoms with Gasteiger partial charge in [0.1, 0.15) is 5.69 Å². The van der Waals surface area contributed by atoms with Crippen molar-refractivity contribution in [3.8, 4) is 0 Å². The van der Waals surface area contributed by atoms with Gasteiger partial charge >= 0.3 is 0 Å². The molecule has 1 aliphatic rings. The normalized spacial score (nSPS) is 16.1. The number of ether oxygens (including phenoxy) is 1. The zero-order valence-electron chi connectivity index (χ0n) is 11.4. The molecular weight excluding hydrogens is 258 g/mol. The van der Waals surface area contributed by atoms with Crippen LogP contribution in [0.25, 0.3) is 5.57 Å². The van der Waals surface area contributed by atoms with Crippen LogP contribution in [-0.2, 0) is 4.74 Å². The fourth-order valence-corrected chi connectivity index (χ4v) is 1.95. The van der Waals surface area contributed by atoms with E-state index in [-0.39, 0.29) is 5.82 Å². The van der Waals surface area contributed by atoms with Gasteiger partial charge in [-0.3, -0.25) is 0 Å². The Labute approximate surface area is 117 Å². The molecule has 6 N–H and O–H groups in total. The van der Waals surface area contributed by atoms with E-state index in [9.17, 15) is 0 Å². The Morgan fingerprint density at radius 3 is 2.65 bits per heavy atom. The molecule has 0 unspecified atom stereocenters. The van der Waals surface area contributed by atoms with Crippen LogP contribution in [0.5, 0.6) is 0 Å². The van der Waals surface area contributed by atoms with E-state index in [1.807, 2.05) is 4.90 Å². The van der Waals surface area contributed by atoms with E-state index in [0.717, 1.165) is 0 Å². The average Bonchev–Trinajstić information content (AvgIpc) is 2.48. The van der Waals surface area contributed by atoms with E-state index in [1.54, 1.807) is 13.2 Å². The van der Waals surface area contributed by atoms with Gasteiger partial charge in [-0.05, 0) is 0 Å². The topological polar surface area (TPSA) is 126 Å². The van der Waals surface area contributed by atoms with Crippen LogP contribution >= 0.6 is 0 Å². The maximum Gasteiger partial charge on any atom is 0.167 e. The second-order valence-corrected chi connectivity index (χ2v) is 4.30. The van der Waals surface area contributed by atoms with Gasteiger partial charge in [0, 0.05) is 32.6 Å². The number of nitrogens with one attached hydrogen (secondary N) is 2. The summed E-state index contributed by atoms with van der Waals surface area (Å²) in [7, 11) is 1.74. The first-order valence-corrected chi connectivity index (χ1v) is 6.31. The molecule has 2 rings (SSSR count). The van der Waals surface area contributed by atoms with Gasteiger partial charge in [0.2, 0.25) is 0 Å². The van der Waals surface area contributed by atoms with Gasteiger partial charge in [-0.1, -0.05) is 0 Å². The van der Waals surface area contributed by atoms with Crippen LogP contribution in [0.1, 0.15) is 5.82 Å². The Morgan fingerprint density at radius 1 is 1.35 bits per heavy atom. The van der Waals surface area contributed by atoms with Crippen LogP contribution in [0.15, 0.2) is 6.20 Å². The van der Waals surface area contributed by atoms with Gasteiger partial charge in [0.05, 0.1) is 18.8 Å². The van der Waals surface area contributed by atoms with Crippen LogP contribution < -0.4 is 21.7 Å². The molecule has 0 saturated carbocycles. The molecule has 1 saturated heterocycles. The van der Waals surface area contributed by atoms with E-state index in [0.29, 0.717) is 49.2 Å². The summed E-state index contributed by atoms with van der Waals surface area (Å²) < 4.78 is 5.31. The van der Waals surface area contributed by atoms with Gasteiger partial charge < -0.3 is 31.8 Å². The first kappa shape index (κ1) is 14.1. The summed E-state index contributed by atoms with van der Waals surface area (Å²) in [4.78, 5) is 10.6. The molecule has 0 radical (unpaired) electrons. The molecule has 0 atom stereocenters. The highest BCUT2D eigenvalue weighted by molar-refractivity contribution is 6.07. The highest BCUT2D eigenvalue weighted by Gasteiger charge is 2.19. The standard InChI is InChI=1S/C12H19N7O/c1-16-7-8(6-13)11-17-10(15)9(14)12(18-11)19-2-4-20-5-3-19/h6-7,13,16H,2-5,14H2,1H3,(H2,15,17,18)/b8-7+,13-6?. The van der Waals surface area contributed by atoms with Gasteiger partial charge in [-0.25, -0.2) is 9.97 Å². The molecule has 1 aromatic rings. The minimum absolute atomic E-state index is 0.223. The number of aromatic nitrogens is 2. The van der Waals surface area contributed by atoms with Gasteiger partial charge in [-0.15, -0.1) is 0 Å². The van der Waals surface area contributed by atoms with Crippen LogP contribution in [0.4, 0.5) is 17.3 Å². The zero-order chi connectivity index (χ0) is 14.5. The third-order valence-corrected chi connectivity index (χ3v) is 2.98. The van der Waals surface area contributed by atoms with E-state index < -0.39 is 0 Å². The lowest BCUT2D eigenvalue weighted by atomic mass is 10.2. The van der Waals surface area contributed by atoms with E-state index in [4.69, 9.17) is 21.6 Å². The summed E-state index contributed by atoms with van der Waals surface area (Å²) in [6, 6.07) is 0. The molecule has 0 aliphatic carbocycles. The molecule has 2 heterocycles. The van der Waals surface area contributed by atoms with Gasteiger partial charge in [0.25, 0.3) is 0 Å². The second-order valence-electron chi connectivity index (χ2n) is 4.30. The summed E-state index contributed by atoms with van der Waals surface area (Å²) in [5.41, 5.74) is 12.7. The molecule has 20 heavy (non-hydrogen) atoms. The minimum Gasteiger partial charge on any atom is -0.393 e. The number of nitrogens with two attached hydrogens (primary N) is 2. The van der Waals surface area contributed by atoms with Crippen molar-refractivity contribution in [2.75, 3.05) is 49.7 Å². The maximum atomic E-state index is 7.42. The Balaban J connectivity index is 2.43. The lowest BCUT2D eigenvalue weighted by molar-refractivity contribution is 0.122. The number of morpholine rings is 1. The minimum atomic E-state index is 0.223. The maximum absolute atomic E-state index is 7.42. The number of hydrogen-bond acceptors (Lipinski definition) is 8. The molecule has 8 heteroatoms. The zero-order valence-corrected chi connectivity index (χ0v) is 11.4. The van der Waals surface area contributed by atoms with Crippen LogP contribution in [0.2, 0.25) is 0 Å². The largest absolute Gasteiger partial charge is 0.393 e. The molecule has 1 fully saturated rings. The molecule has 0 spiro atoms. The predicted molar refractivity (Wildman–Crippen MR) is 79.7 cm³/mol. The molecule has 0 bridgehead atoms. The highest BCUT2D eigenvalue weighted by Crippen LogP contribution is 2.27. The Morgan fingerprint density at radius 2 is 2.05 bits per heavy atom. The first-order valence-electron chi connectivity index (χ1n) is 6.31. The smallest absolute Gasteiger partial charge is 0.167 e. The van der Waals surface area contributed by atoms with Crippen molar-refractivity contribution >= 4 is 29.1 Å². The second kappa shape index (κ2) is 6.20. The molecule has 1 aromatic heterocycles. The van der Waals surface area contributed by atoms with Crippen LogP contribution in [-0.4, -0.2) is 49.5 Å². The van der Waals surface area contributed by atoms with Crippen molar-refractivity contribution < 1.29 is 4.74 Å². The Bertz CT molecular complexity index is 523. The van der Waals surface area contributed by atoms with Crippen LogP contribution in [0, 0.1) is 5.41 Å². The van der Waals surface area contributed by atoms with Crippen molar-refractivity contribution in [2.24, 2.45) is 0 Å². The summed E-state index contributed by atoms with van der Waals surface area (Å²) >= 11 is 0. The van der Waals surface area contributed by atoms with Crippen molar-refractivity contribution in [3.63, 3.8) is 0 Å². The van der Waals surface area contributed by atoms with E-state index >= 15 is 0 Å². The number of rotatable bonds is 4. The Kier molecular flexibility index (Phi) is 4.36. The van der Waals surface area contributed by atoms with Crippen molar-refractivity contribution in [1.29, 1.82) is 5.41 Å². The van der Waals surface area contributed by atoms with Gasteiger partial charge in [0.15, 0.2) is 17.5 Å². The predicted octanol–water partition coefficient (Wildman–Crippen LogP) is -0.313. The molecule has 1 aliphatic heterocycles. The summed E-state index contributed by atoms with van der Waals surface area (Å²) in [6.07, 6.45) is 2.81. The van der Waals surface area contributed by atoms with Crippen LogP contribution in [0.3, 0.4) is 0 Å². The number of anilines is 3. The van der Waals surface area contributed by atoms with Gasteiger partial charge in [-0.2, -0.15) is 0 Å². The summed E-state index contributed by atoms with van der Waals surface area (Å²) in [5, 5.41) is 10.3. The summed E-state index contributed by atoms with van der Waals surface area (Å²) in [6.45, 7) is 2.66. The SMILES string of the molecule is CN/C=C(\C=N)c1nc(N)c(N)c(N2CCOCC2)n1. The number of hydrogen-bond donors (Lipinski definition) is 4. The Hall–Kier alpha value is -2.35. The number of nitrogen functional groups attached to an aromatic ring is 2. The number of allylic oxidation sites excluding steroid dienone is 1. The average molecular weight is 277 g/mol. The molecule has 108 valence electrons. The van der Waals surface area contributed by atoms with Crippen molar-refractivity contribution in [1.82, 2.24) is 15.3 Å². The quantitative estimate of drug-likeness (QED) is 0.556. The third kappa shape index (κ3) is 2.80. The fourth-order valence-electron chi connectivity index (χ4n) is 1.95. The van der Waals surface area contributed by atoms with Crippen molar-refractivity contribution in [2.45, 2.75) is 0 Å². The fraction of sp³-hybridized carbons (Fsp3) is 0.417. The molecule has 0 aromatic carbocycles. The molecule has 0 amide bonds. The third-order valence-electron chi connectivity index (χ3n) is 2.98. The summed E-state index contributed by atoms with van der Waals surface area (Å²) in [5.74, 6) is 1.20. The monoisotopic (exact) mass is 277 g/mol. The lowest BCUT2D eigenvalue weighted by Crippen LogP contribution is -2.37. The van der Waals surface area contributed by atoms with E-state index in [1.165, 1.54) is 6.21 Å². The first-order chi connectivity index (χ1) is 9.67. The van der Waals surface area contributed by atoms with Crippen molar-refractivity contribution in [3.05, 3.63) is 12.0 Å². The lowest BCUT2D eigenvalue weighted by Gasteiger charge is -2.29.